The lowest BCUT2D eigenvalue weighted by Gasteiger charge is -2.24. The lowest BCUT2D eigenvalue weighted by molar-refractivity contribution is 0.585. The monoisotopic (exact) mass is 442 g/mol. The standard InChI is InChI=1S/C32H30N2/c1-32(2,3)27-18-10-11-20-29(27)34-23-26(25-16-8-5-9-17-25)31(28-19-12-13-21-33-28)30(34)22-24-14-6-4-7-15-24/h4-21,23H,22H2,1-3H3. The molecule has 2 aromatic heterocycles. The molecule has 2 nitrogen and oxygen atoms in total. The third-order valence-corrected chi connectivity index (χ3v) is 6.30. The van der Waals surface area contributed by atoms with Crippen molar-refractivity contribution < 1.29 is 0 Å². The van der Waals surface area contributed by atoms with E-state index in [1.807, 2.05) is 12.3 Å². The second-order valence-corrected chi connectivity index (χ2v) is 9.74. The van der Waals surface area contributed by atoms with Gasteiger partial charge in [0.1, 0.15) is 0 Å². The van der Waals surface area contributed by atoms with E-state index >= 15 is 0 Å². The summed E-state index contributed by atoms with van der Waals surface area (Å²) in [6.45, 7) is 6.85. The minimum atomic E-state index is 0.0168. The largest absolute Gasteiger partial charge is 0.319 e. The summed E-state index contributed by atoms with van der Waals surface area (Å²) < 4.78 is 2.40. The minimum Gasteiger partial charge on any atom is -0.319 e. The van der Waals surface area contributed by atoms with Crippen LogP contribution in [-0.4, -0.2) is 9.55 Å². The van der Waals surface area contributed by atoms with Crippen molar-refractivity contribution in [2.75, 3.05) is 0 Å². The van der Waals surface area contributed by atoms with E-state index in [1.165, 1.54) is 39.2 Å². The number of para-hydroxylation sites is 1. The van der Waals surface area contributed by atoms with Crippen LogP contribution in [0, 0.1) is 0 Å². The first-order valence-corrected chi connectivity index (χ1v) is 11.9. The zero-order chi connectivity index (χ0) is 23.5. The van der Waals surface area contributed by atoms with E-state index in [9.17, 15) is 0 Å². The van der Waals surface area contributed by atoms with Crippen molar-refractivity contribution in [2.24, 2.45) is 0 Å². The van der Waals surface area contributed by atoms with Crippen molar-refractivity contribution in [3.05, 3.63) is 132 Å². The Balaban J connectivity index is 1.84. The molecule has 0 atom stereocenters. The highest BCUT2D eigenvalue weighted by Gasteiger charge is 2.24. The molecule has 2 heteroatoms. The molecule has 0 aliphatic heterocycles. The fraction of sp³-hybridized carbons (Fsp3) is 0.156. The van der Waals surface area contributed by atoms with Crippen LogP contribution in [0.1, 0.15) is 37.6 Å². The van der Waals surface area contributed by atoms with E-state index in [1.54, 1.807) is 0 Å². The van der Waals surface area contributed by atoms with Gasteiger partial charge in [0.25, 0.3) is 0 Å². The van der Waals surface area contributed by atoms with Crippen molar-refractivity contribution in [3.63, 3.8) is 0 Å². The van der Waals surface area contributed by atoms with Crippen LogP contribution in [-0.2, 0) is 11.8 Å². The summed E-state index contributed by atoms with van der Waals surface area (Å²) in [7, 11) is 0. The molecule has 5 rings (SSSR count). The van der Waals surface area contributed by atoms with Crippen LogP contribution in [0.5, 0.6) is 0 Å². The summed E-state index contributed by atoms with van der Waals surface area (Å²) in [5.41, 5.74) is 9.69. The number of nitrogens with zero attached hydrogens (tertiary/aromatic N) is 2. The number of aromatic nitrogens is 2. The molecule has 5 aromatic rings. The Bertz CT molecular complexity index is 1380. The molecule has 3 aromatic carbocycles. The van der Waals surface area contributed by atoms with Crippen molar-refractivity contribution in [3.8, 4) is 28.1 Å². The van der Waals surface area contributed by atoms with Crippen LogP contribution < -0.4 is 0 Å². The molecule has 0 saturated heterocycles. The van der Waals surface area contributed by atoms with Crippen LogP contribution in [0.15, 0.2) is 116 Å². The number of hydrogen-bond donors (Lipinski definition) is 0. The average molecular weight is 443 g/mol. The topological polar surface area (TPSA) is 17.8 Å². The smallest absolute Gasteiger partial charge is 0.0726 e. The van der Waals surface area contributed by atoms with E-state index in [4.69, 9.17) is 4.98 Å². The van der Waals surface area contributed by atoms with E-state index in [2.05, 4.69) is 129 Å². The van der Waals surface area contributed by atoms with Gasteiger partial charge in [0.2, 0.25) is 0 Å². The van der Waals surface area contributed by atoms with Crippen LogP contribution in [0.25, 0.3) is 28.1 Å². The molecular formula is C32H30N2. The van der Waals surface area contributed by atoms with Crippen LogP contribution in [0.3, 0.4) is 0 Å². The first-order valence-electron chi connectivity index (χ1n) is 11.9. The summed E-state index contributed by atoms with van der Waals surface area (Å²) in [6, 6.07) is 36.3. The lowest BCUT2D eigenvalue weighted by atomic mass is 9.85. The first kappa shape index (κ1) is 21.9. The summed E-state index contributed by atoms with van der Waals surface area (Å²) in [5.74, 6) is 0. The minimum absolute atomic E-state index is 0.0168. The number of hydrogen-bond acceptors (Lipinski definition) is 1. The van der Waals surface area contributed by atoms with Gasteiger partial charge in [-0.15, -0.1) is 0 Å². The maximum atomic E-state index is 4.80. The quantitative estimate of drug-likeness (QED) is 0.269. The molecule has 0 amide bonds. The number of benzene rings is 3. The highest BCUT2D eigenvalue weighted by molar-refractivity contribution is 5.85. The number of rotatable bonds is 5. The second-order valence-electron chi connectivity index (χ2n) is 9.74. The van der Waals surface area contributed by atoms with Gasteiger partial charge in [0, 0.05) is 41.3 Å². The lowest BCUT2D eigenvalue weighted by Crippen LogP contribution is -2.16. The van der Waals surface area contributed by atoms with Gasteiger partial charge in [-0.25, -0.2) is 0 Å². The Kier molecular flexibility index (Phi) is 5.90. The zero-order valence-corrected chi connectivity index (χ0v) is 20.1. The summed E-state index contributed by atoms with van der Waals surface area (Å²) >= 11 is 0. The molecule has 168 valence electrons. The van der Waals surface area contributed by atoms with Crippen molar-refractivity contribution in [1.29, 1.82) is 0 Å². The molecule has 0 fully saturated rings. The predicted molar refractivity (Wildman–Crippen MR) is 142 cm³/mol. The fourth-order valence-electron chi connectivity index (χ4n) is 4.68. The molecular weight excluding hydrogens is 412 g/mol. The Labute approximate surface area is 202 Å². The van der Waals surface area contributed by atoms with E-state index in [-0.39, 0.29) is 5.41 Å². The van der Waals surface area contributed by atoms with Gasteiger partial charge < -0.3 is 4.57 Å². The van der Waals surface area contributed by atoms with Gasteiger partial charge >= 0.3 is 0 Å². The van der Waals surface area contributed by atoms with E-state index < -0.39 is 0 Å². The molecule has 0 radical (unpaired) electrons. The van der Waals surface area contributed by atoms with Crippen molar-refractivity contribution in [2.45, 2.75) is 32.6 Å². The summed E-state index contributed by atoms with van der Waals surface area (Å²) in [4.78, 5) is 4.80. The fourth-order valence-corrected chi connectivity index (χ4v) is 4.68. The highest BCUT2D eigenvalue weighted by Crippen LogP contribution is 2.40. The molecule has 0 N–H and O–H groups in total. The van der Waals surface area contributed by atoms with Gasteiger partial charge in [-0.05, 0) is 40.3 Å². The van der Waals surface area contributed by atoms with Gasteiger partial charge in [0.05, 0.1) is 5.69 Å². The Hall–Kier alpha value is -3.91. The molecule has 0 aliphatic carbocycles. The van der Waals surface area contributed by atoms with Gasteiger partial charge in [-0.1, -0.05) is 106 Å². The normalized spacial score (nSPS) is 11.5. The first-order chi connectivity index (χ1) is 16.5. The molecule has 0 spiro atoms. The molecule has 0 aliphatic rings. The van der Waals surface area contributed by atoms with E-state index in [0.717, 1.165) is 12.1 Å². The third-order valence-electron chi connectivity index (χ3n) is 6.30. The van der Waals surface area contributed by atoms with Crippen LogP contribution in [0.4, 0.5) is 0 Å². The van der Waals surface area contributed by atoms with Crippen LogP contribution in [0.2, 0.25) is 0 Å². The van der Waals surface area contributed by atoms with Gasteiger partial charge in [0.15, 0.2) is 0 Å². The predicted octanol–water partition coefficient (Wildman–Crippen LogP) is 8.09. The van der Waals surface area contributed by atoms with Gasteiger partial charge in [-0.2, -0.15) is 0 Å². The molecule has 0 saturated carbocycles. The highest BCUT2D eigenvalue weighted by atomic mass is 15.0. The van der Waals surface area contributed by atoms with Crippen LogP contribution >= 0.6 is 0 Å². The summed E-state index contributed by atoms with van der Waals surface area (Å²) in [5, 5.41) is 0. The Morgan fingerprint density at radius 2 is 1.35 bits per heavy atom. The second kappa shape index (κ2) is 9.15. The zero-order valence-electron chi connectivity index (χ0n) is 20.1. The summed E-state index contributed by atoms with van der Waals surface area (Å²) in [6.07, 6.45) is 5.01. The maximum absolute atomic E-state index is 4.80. The molecule has 0 bridgehead atoms. The van der Waals surface area contributed by atoms with Crippen molar-refractivity contribution >= 4 is 0 Å². The van der Waals surface area contributed by atoms with Crippen molar-refractivity contribution in [1.82, 2.24) is 9.55 Å². The molecule has 0 unspecified atom stereocenters. The third kappa shape index (κ3) is 4.32. The Morgan fingerprint density at radius 1 is 0.706 bits per heavy atom. The Morgan fingerprint density at radius 3 is 2.03 bits per heavy atom. The molecule has 34 heavy (non-hydrogen) atoms. The number of pyridine rings is 1. The van der Waals surface area contributed by atoms with Gasteiger partial charge in [-0.3, -0.25) is 4.98 Å². The van der Waals surface area contributed by atoms with E-state index in [0.29, 0.717) is 0 Å². The molecule has 2 heterocycles. The SMILES string of the molecule is CC(C)(C)c1ccccc1-n1cc(-c2ccccc2)c(-c2ccccn2)c1Cc1ccccc1. The maximum Gasteiger partial charge on any atom is 0.0726 e. The average Bonchev–Trinajstić information content (AvgIpc) is 3.24.